The summed E-state index contributed by atoms with van der Waals surface area (Å²) in [6, 6.07) is 9.90. The van der Waals surface area contributed by atoms with Crippen LogP contribution in [-0.4, -0.2) is 16.1 Å². The Labute approximate surface area is 150 Å². The van der Waals surface area contributed by atoms with Gasteiger partial charge in [-0.05, 0) is 42.8 Å². The van der Waals surface area contributed by atoms with E-state index in [-0.39, 0.29) is 11.6 Å². The number of carbonyl (C=O) groups is 1. The Morgan fingerprint density at radius 3 is 2.92 bits per heavy atom. The number of hydrogen-bond acceptors (Lipinski definition) is 3. The number of urea groups is 1. The van der Waals surface area contributed by atoms with E-state index in [0.29, 0.717) is 21.6 Å². The molecule has 3 rings (SSSR count). The molecule has 1 aromatic heterocycles. The molecule has 24 heavy (non-hydrogen) atoms. The molecule has 0 unspecified atom stereocenters. The molecule has 122 valence electrons. The molecule has 3 aromatic rings. The minimum absolute atomic E-state index is 0.154. The number of halogens is 2. The maximum absolute atomic E-state index is 12.0. The summed E-state index contributed by atoms with van der Waals surface area (Å²) >= 11 is 9.36. The Bertz CT molecular complexity index is 968. The van der Waals surface area contributed by atoms with Crippen molar-refractivity contribution in [3.8, 4) is 5.88 Å². The maximum atomic E-state index is 12.0. The molecule has 0 saturated carbocycles. The second kappa shape index (κ2) is 6.62. The second-order valence-electron chi connectivity index (χ2n) is 5.05. The minimum atomic E-state index is -0.663. The number of fused-ring (bicyclic) bond motifs is 1. The first-order valence-corrected chi connectivity index (χ1v) is 8.11. The lowest BCUT2D eigenvalue weighted by Crippen LogP contribution is -2.06. The third-order valence-electron chi connectivity index (χ3n) is 3.46. The second-order valence-corrected chi connectivity index (χ2v) is 6.38. The number of benzene rings is 2. The zero-order valence-corrected chi connectivity index (χ0v) is 14.8. The van der Waals surface area contributed by atoms with E-state index in [0.717, 1.165) is 10.0 Å². The number of aromatic nitrogens is 1. The number of carbonyl (C=O) groups excluding carboxylic acids is 1. The van der Waals surface area contributed by atoms with E-state index in [1.807, 2.05) is 6.07 Å². The van der Waals surface area contributed by atoms with Gasteiger partial charge in [0.1, 0.15) is 0 Å². The van der Waals surface area contributed by atoms with Crippen molar-refractivity contribution >= 4 is 55.8 Å². The predicted molar refractivity (Wildman–Crippen MR) is 97.4 cm³/mol. The van der Waals surface area contributed by atoms with Crippen LogP contribution in [0.4, 0.5) is 16.2 Å². The minimum Gasteiger partial charge on any atom is -0.493 e. The van der Waals surface area contributed by atoms with Gasteiger partial charge < -0.3 is 15.4 Å². The number of hydrogen-bond donors (Lipinski definition) is 3. The van der Waals surface area contributed by atoms with Gasteiger partial charge in [0.15, 0.2) is 5.69 Å². The molecule has 0 spiro atoms. The number of aromatic hydroxyl groups is 1. The zero-order valence-electron chi connectivity index (χ0n) is 12.5. The van der Waals surface area contributed by atoms with Crippen LogP contribution in [0, 0.1) is 6.92 Å². The number of azo groups is 1. The molecule has 0 aliphatic carbocycles. The van der Waals surface area contributed by atoms with Gasteiger partial charge >= 0.3 is 6.03 Å². The summed E-state index contributed by atoms with van der Waals surface area (Å²) in [5, 5.41) is 21.2. The van der Waals surface area contributed by atoms with Gasteiger partial charge in [-0.15, -0.1) is 5.11 Å². The fourth-order valence-electron chi connectivity index (χ4n) is 2.22. The Morgan fingerprint density at radius 2 is 2.12 bits per heavy atom. The average Bonchev–Trinajstić information content (AvgIpc) is 2.84. The van der Waals surface area contributed by atoms with Crippen molar-refractivity contribution in [1.29, 1.82) is 0 Å². The molecule has 2 aromatic carbocycles. The van der Waals surface area contributed by atoms with Gasteiger partial charge in [0.2, 0.25) is 5.88 Å². The number of aromatic amines is 1. The summed E-state index contributed by atoms with van der Waals surface area (Å²) < 4.78 is 0.824. The average molecular weight is 408 g/mol. The highest BCUT2D eigenvalue weighted by Gasteiger charge is 2.12. The van der Waals surface area contributed by atoms with Crippen LogP contribution >= 0.6 is 27.5 Å². The third kappa shape index (κ3) is 3.27. The van der Waals surface area contributed by atoms with Crippen molar-refractivity contribution in [3.05, 3.63) is 51.5 Å². The number of rotatable bonds is 2. The van der Waals surface area contributed by atoms with Crippen molar-refractivity contribution in [2.24, 2.45) is 10.2 Å². The summed E-state index contributed by atoms with van der Waals surface area (Å²) in [6.07, 6.45) is 0. The SMILES string of the molecule is Cc1c(Cl)cccc1NC(=O)N=Nc1c(O)[nH]c2ccc(Br)cc12. The Balaban J connectivity index is 1.85. The summed E-state index contributed by atoms with van der Waals surface area (Å²) in [5.74, 6) is -0.154. The van der Waals surface area contributed by atoms with E-state index >= 15 is 0 Å². The van der Waals surface area contributed by atoms with E-state index in [9.17, 15) is 9.90 Å². The summed E-state index contributed by atoms with van der Waals surface area (Å²) in [7, 11) is 0. The summed E-state index contributed by atoms with van der Waals surface area (Å²) in [5.41, 5.74) is 2.18. The molecule has 8 heteroatoms. The van der Waals surface area contributed by atoms with Crippen molar-refractivity contribution in [1.82, 2.24) is 4.98 Å². The number of anilines is 1. The summed E-state index contributed by atoms with van der Waals surface area (Å²) in [6.45, 7) is 1.79. The standard InChI is InChI=1S/C16H12BrClN4O2/c1-8-11(18)3-2-4-12(8)20-16(24)22-21-14-10-7-9(17)5-6-13(10)19-15(14)23/h2-7,19,23H,1H3,(H,20,24). The first kappa shape index (κ1) is 16.5. The van der Waals surface area contributed by atoms with Gasteiger partial charge in [0.25, 0.3) is 0 Å². The van der Waals surface area contributed by atoms with Crippen LogP contribution in [0.2, 0.25) is 5.02 Å². The molecule has 6 nitrogen and oxygen atoms in total. The molecule has 0 aliphatic rings. The maximum Gasteiger partial charge on any atom is 0.364 e. The predicted octanol–water partition coefficient (Wildman–Crippen LogP) is 5.91. The monoisotopic (exact) mass is 406 g/mol. The fourth-order valence-corrected chi connectivity index (χ4v) is 2.75. The molecule has 2 amide bonds. The highest BCUT2D eigenvalue weighted by atomic mass is 79.9. The highest BCUT2D eigenvalue weighted by Crippen LogP contribution is 2.36. The molecular formula is C16H12BrClN4O2. The fraction of sp³-hybridized carbons (Fsp3) is 0.0625. The first-order chi connectivity index (χ1) is 11.5. The Kier molecular flexibility index (Phi) is 4.55. The van der Waals surface area contributed by atoms with E-state index in [1.165, 1.54) is 0 Å². The van der Waals surface area contributed by atoms with Crippen molar-refractivity contribution in [2.75, 3.05) is 5.32 Å². The van der Waals surface area contributed by atoms with E-state index < -0.39 is 6.03 Å². The first-order valence-electron chi connectivity index (χ1n) is 6.93. The molecule has 0 aliphatic heterocycles. The zero-order chi connectivity index (χ0) is 17.3. The number of nitrogens with zero attached hydrogens (tertiary/aromatic N) is 2. The van der Waals surface area contributed by atoms with Crippen LogP contribution in [-0.2, 0) is 0 Å². The molecule has 0 saturated heterocycles. The molecule has 1 heterocycles. The molecule has 0 fully saturated rings. The lowest BCUT2D eigenvalue weighted by molar-refractivity contribution is 0.258. The molecule has 0 atom stereocenters. The van der Waals surface area contributed by atoms with Gasteiger partial charge in [0, 0.05) is 20.6 Å². The quantitative estimate of drug-likeness (QED) is 0.461. The van der Waals surface area contributed by atoms with Gasteiger partial charge in [0.05, 0.1) is 5.52 Å². The lowest BCUT2D eigenvalue weighted by Gasteiger charge is -2.06. The number of H-pyrrole nitrogens is 1. The molecule has 0 radical (unpaired) electrons. The number of amides is 2. The van der Waals surface area contributed by atoms with Gasteiger partial charge in [-0.25, -0.2) is 4.79 Å². The van der Waals surface area contributed by atoms with E-state index in [4.69, 9.17) is 11.6 Å². The normalized spacial score (nSPS) is 11.3. The largest absolute Gasteiger partial charge is 0.493 e. The van der Waals surface area contributed by atoms with Gasteiger partial charge in [-0.3, -0.25) is 0 Å². The lowest BCUT2D eigenvalue weighted by atomic mass is 10.2. The van der Waals surface area contributed by atoms with Crippen molar-refractivity contribution in [2.45, 2.75) is 6.92 Å². The molecule has 3 N–H and O–H groups in total. The van der Waals surface area contributed by atoms with E-state index in [1.54, 1.807) is 37.3 Å². The topological polar surface area (TPSA) is 89.8 Å². The smallest absolute Gasteiger partial charge is 0.364 e. The van der Waals surface area contributed by atoms with Gasteiger partial charge in [-0.1, -0.05) is 38.7 Å². The third-order valence-corrected chi connectivity index (χ3v) is 4.37. The van der Waals surface area contributed by atoms with Crippen molar-refractivity contribution < 1.29 is 9.90 Å². The van der Waals surface area contributed by atoms with Crippen LogP contribution in [0.25, 0.3) is 10.9 Å². The van der Waals surface area contributed by atoms with Crippen LogP contribution in [0.15, 0.2) is 51.1 Å². The van der Waals surface area contributed by atoms with Crippen LogP contribution in [0.1, 0.15) is 5.56 Å². The highest BCUT2D eigenvalue weighted by molar-refractivity contribution is 9.10. The van der Waals surface area contributed by atoms with Gasteiger partial charge in [-0.2, -0.15) is 0 Å². The van der Waals surface area contributed by atoms with Crippen LogP contribution in [0.5, 0.6) is 5.88 Å². The molecular weight excluding hydrogens is 396 g/mol. The number of nitrogens with one attached hydrogen (secondary N) is 2. The van der Waals surface area contributed by atoms with Crippen molar-refractivity contribution in [3.63, 3.8) is 0 Å². The Hall–Kier alpha value is -2.38. The van der Waals surface area contributed by atoms with Crippen LogP contribution in [0.3, 0.4) is 0 Å². The molecule has 0 bridgehead atoms. The summed E-state index contributed by atoms with van der Waals surface area (Å²) in [4.78, 5) is 14.7. The Morgan fingerprint density at radius 1 is 1.33 bits per heavy atom. The van der Waals surface area contributed by atoms with E-state index in [2.05, 4.69) is 36.5 Å². The van der Waals surface area contributed by atoms with Crippen LogP contribution < -0.4 is 5.32 Å².